The minimum Gasteiger partial charge on any atom is -0.490 e. The van der Waals surface area contributed by atoms with Crippen molar-refractivity contribution in [3.8, 4) is 11.5 Å². The van der Waals surface area contributed by atoms with E-state index in [1.54, 1.807) is 11.0 Å². The van der Waals surface area contributed by atoms with Crippen LogP contribution in [0.1, 0.15) is 54.1 Å². The fraction of sp³-hybridized carbons (Fsp3) is 0.536. The Morgan fingerprint density at radius 1 is 1.12 bits per heavy atom. The number of amides is 3. The summed E-state index contributed by atoms with van der Waals surface area (Å²) >= 11 is 0. The Morgan fingerprint density at radius 3 is 2.73 bits per heavy atom. The molecule has 5 heterocycles. The summed E-state index contributed by atoms with van der Waals surface area (Å²) in [6, 6.07) is 5.46. The van der Waals surface area contributed by atoms with Crippen LogP contribution in [0, 0.1) is 5.41 Å². The first-order valence-electron chi connectivity index (χ1n) is 13.7. The van der Waals surface area contributed by atoms with Crippen LogP contribution in [0.4, 0.5) is 13.2 Å². The van der Waals surface area contributed by atoms with Gasteiger partial charge in [0.25, 0.3) is 5.91 Å². The largest absolute Gasteiger partial charge is 0.490 e. The Morgan fingerprint density at radius 2 is 1.95 bits per heavy atom. The number of benzene rings is 1. The predicted octanol–water partition coefficient (Wildman–Crippen LogP) is 2.95. The fourth-order valence-electron chi connectivity index (χ4n) is 5.78. The first-order valence-corrected chi connectivity index (χ1v) is 13.7. The highest BCUT2D eigenvalue weighted by Gasteiger charge is 2.53. The Bertz CT molecular complexity index is 1280. The molecule has 220 valence electrons. The summed E-state index contributed by atoms with van der Waals surface area (Å²) in [5.74, 6) is -0.283. The van der Waals surface area contributed by atoms with Gasteiger partial charge in [-0.25, -0.2) is 4.98 Å². The van der Waals surface area contributed by atoms with E-state index in [1.165, 1.54) is 23.5 Å². The molecule has 3 amide bonds. The molecule has 0 radical (unpaired) electrons. The number of ether oxygens (including phenoxy) is 2. The number of fused-ring (bicyclic) bond motifs is 11. The van der Waals surface area contributed by atoms with Gasteiger partial charge >= 0.3 is 6.18 Å². The first-order chi connectivity index (χ1) is 19.7. The third-order valence-electron chi connectivity index (χ3n) is 7.88. The zero-order chi connectivity index (χ0) is 29.0. The Hall–Kier alpha value is -3.90. The van der Waals surface area contributed by atoms with Crippen molar-refractivity contribution in [3.05, 3.63) is 48.0 Å². The lowest BCUT2D eigenvalue weighted by Gasteiger charge is -2.40. The molecule has 1 aromatic carbocycles. The molecule has 0 aliphatic carbocycles. The number of aromatic nitrogens is 2. The maximum atomic E-state index is 13.0. The number of nitrogens with one attached hydrogen (secondary N) is 1. The molecule has 13 heteroatoms. The van der Waals surface area contributed by atoms with Gasteiger partial charge in [0.2, 0.25) is 11.8 Å². The van der Waals surface area contributed by atoms with E-state index in [2.05, 4.69) is 15.3 Å². The lowest BCUT2D eigenvalue weighted by molar-refractivity contribution is -0.148. The zero-order valence-corrected chi connectivity index (χ0v) is 22.5. The van der Waals surface area contributed by atoms with Crippen molar-refractivity contribution < 1.29 is 37.0 Å². The van der Waals surface area contributed by atoms with Crippen molar-refractivity contribution in [1.29, 1.82) is 0 Å². The second-order valence-corrected chi connectivity index (χ2v) is 10.7. The van der Waals surface area contributed by atoms with Crippen LogP contribution in [0.25, 0.3) is 0 Å². The average Bonchev–Trinajstić information content (AvgIpc) is 3.36. The van der Waals surface area contributed by atoms with Crippen molar-refractivity contribution in [1.82, 2.24) is 25.1 Å². The lowest BCUT2D eigenvalue weighted by Crippen LogP contribution is -2.48. The number of carbonyl (C=O) groups excluding carboxylic acids is 3. The van der Waals surface area contributed by atoms with Crippen molar-refractivity contribution in [3.63, 3.8) is 0 Å². The zero-order valence-electron chi connectivity index (χ0n) is 22.5. The van der Waals surface area contributed by atoms with Gasteiger partial charge in [-0.3, -0.25) is 19.4 Å². The molecular formula is C28H32F3N5O5. The fourth-order valence-corrected chi connectivity index (χ4v) is 5.78. The normalized spacial score (nSPS) is 23.3. The Kier molecular flexibility index (Phi) is 8.32. The van der Waals surface area contributed by atoms with E-state index in [9.17, 15) is 27.6 Å². The number of alkyl halides is 3. The van der Waals surface area contributed by atoms with Gasteiger partial charge in [0.05, 0.1) is 25.8 Å². The van der Waals surface area contributed by atoms with E-state index < -0.39 is 30.3 Å². The number of hydrogen-bond donors (Lipinski definition) is 1. The Balaban J connectivity index is 1.37. The third-order valence-corrected chi connectivity index (χ3v) is 7.88. The molecule has 0 unspecified atom stereocenters. The topological polar surface area (TPSA) is 114 Å². The minimum absolute atomic E-state index is 0.164. The van der Waals surface area contributed by atoms with E-state index in [4.69, 9.17) is 9.47 Å². The summed E-state index contributed by atoms with van der Waals surface area (Å²) in [5.41, 5.74) is 0.300. The number of hydrogen-bond acceptors (Lipinski definition) is 7. The molecular weight excluding hydrogens is 543 g/mol. The lowest BCUT2D eigenvalue weighted by atomic mass is 9.73. The summed E-state index contributed by atoms with van der Waals surface area (Å²) in [5, 5.41) is 2.96. The molecule has 1 spiro atoms. The molecule has 1 aromatic heterocycles. The number of rotatable bonds is 3. The van der Waals surface area contributed by atoms with Gasteiger partial charge in [-0.2, -0.15) is 13.2 Å². The van der Waals surface area contributed by atoms with Crippen molar-refractivity contribution in [2.45, 2.75) is 44.2 Å². The smallest absolute Gasteiger partial charge is 0.389 e. The number of likely N-dealkylation sites (tertiary alicyclic amines) is 1. The standard InChI is InChI=1S/C28H32F3N5O5/c29-28(30,31)8-7-24(38)36-15-20-19-4-1-5-22-25(19)41-18-27(20,17-36)16-34-23(37)6-2-11-35(12-3-13-40-22)26(39)21-14-32-9-10-33-21/h1,4-5,9-10,14,20H,2-3,6-8,11-13,15-18H2,(H,34,37)/t20-,27+/m0/s1. The van der Waals surface area contributed by atoms with E-state index in [-0.39, 0.29) is 56.1 Å². The number of nitrogens with zero attached hydrogens (tertiary/aromatic N) is 4. The molecule has 10 nitrogen and oxygen atoms in total. The van der Waals surface area contributed by atoms with Crippen LogP contribution in [0.5, 0.6) is 11.5 Å². The van der Waals surface area contributed by atoms with Crippen LogP contribution in [-0.2, 0) is 9.59 Å². The maximum Gasteiger partial charge on any atom is 0.389 e. The van der Waals surface area contributed by atoms with Crippen molar-refractivity contribution in [2.75, 3.05) is 45.9 Å². The SMILES string of the molecule is O=C1CCCN(C(=O)c2cnccn2)CCCOc2cccc3c2OC[C@@]2(CN1)CN(C(=O)CCC(F)(F)F)C[C@@H]32. The van der Waals surface area contributed by atoms with Gasteiger partial charge in [-0.05, 0) is 18.9 Å². The van der Waals surface area contributed by atoms with Crippen LogP contribution < -0.4 is 14.8 Å². The van der Waals surface area contributed by atoms with E-state index in [0.717, 1.165) is 5.56 Å². The van der Waals surface area contributed by atoms with Crippen LogP contribution in [0.2, 0.25) is 0 Å². The summed E-state index contributed by atoms with van der Waals surface area (Å²) in [6.45, 7) is 1.77. The predicted molar refractivity (Wildman–Crippen MR) is 139 cm³/mol. The second kappa shape index (κ2) is 11.9. The molecule has 1 fully saturated rings. The molecule has 4 bridgehead atoms. The third kappa shape index (κ3) is 6.54. The maximum absolute atomic E-state index is 13.0. The summed E-state index contributed by atoms with van der Waals surface area (Å²) in [4.78, 5) is 49.9. The quantitative estimate of drug-likeness (QED) is 0.599. The second-order valence-electron chi connectivity index (χ2n) is 10.7. The number of halogens is 3. The first kappa shape index (κ1) is 28.6. The molecule has 4 aliphatic rings. The van der Waals surface area contributed by atoms with Gasteiger partial charge < -0.3 is 24.6 Å². The molecule has 4 aliphatic heterocycles. The highest BCUT2D eigenvalue weighted by Crippen LogP contribution is 2.52. The number of para-hydroxylation sites is 1. The highest BCUT2D eigenvalue weighted by atomic mass is 19.4. The Labute approximate surface area is 235 Å². The highest BCUT2D eigenvalue weighted by molar-refractivity contribution is 5.92. The van der Waals surface area contributed by atoms with Crippen molar-refractivity contribution in [2.24, 2.45) is 5.41 Å². The van der Waals surface area contributed by atoms with E-state index in [1.807, 2.05) is 12.1 Å². The number of carbonyl (C=O) groups is 3. The van der Waals surface area contributed by atoms with Crippen LogP contribution in [0.15, 0.2) is 36.8 Å². The molecule has 6 rings (SSSR count). The molecule has 2 aromatic rings. The van der Waals surface area contributed by atoms with Crippen LogP contribution in [-0.4, -0.2) is 89.6 Å². The van der Waals surface area contributed by atoms with Gasteiger partial charge in [0, 0.05) is 74.9 Å². The molecule has 1 saturated heterocycles. The van der Waals surface area contributed by atoms with Crippen LogP contribution >= 0.6 is 0 Å². The minimum atomic E-state index is -4.42. The summed E-state index contributed by atoms with van der Waals surface area (Å²) < 4.78 is 50.7. The van der Waals surface area contributed by atoms with Gasteiger partial charge in [-0.15, -0.1) is 0 Å². The van der Waals surface area contributed by atoms with Gasteiger partial charge in [0.1, 0.15) is 5.69 Å². The van der Waals surface area contributed by atoms with E-state index in [0.29, 0.717) is 44.0 Å². The van der Waals surface area contributed by atoms with Gasteiger partial charge in [0.15, 0.2) is 11.5 Å². The molecule has 2 atom stereocenters. The van der Waals surface area contributed by atoms with Crippen molar-refractivity contribution >= 4 is 17.7 Å². The monoisotopic (exact) mass is 575 g/mol. The summed E-state index contributed by atoms with van der Waals surface area (Å²) in [7, 11) is 0. The van der Waals surface area contributed by atoms with Crippen LogP contribution in [0.3, 0.4) is 0 Å². The molecule has 0 saturated carbocycles. The molecule has 41 heavy (non-hydrogen) atoms. The average molecular weight is 576 g/mol. The van der Waals surface area contributed by atoms with Gasteiger partial charge in [-0.1, -0.05) is 12.1 Å². The summed E-state index contributed by atoms with van der Waals surface area (Å²) in [6.07, 6.45) is -0.804. The van der Waals surface area contributed by atoms with E-state index >= 15 is 0 Å². The molecule has 1 N–H and O–H groups in total.